The topological polar surface area (TPSA) is 54.0 Å². The van der Waals surface area contributed by atoms with Crippen LogP contribution in [0.2, 0.25) is 5.02 Å². The van der Waals surface area contributed by atoms with E-state index < -0.39 is 0 Å². The zero-order valence-electron chi connectivity index (χ0n) is 14.1. The number of nitrogens with one attached hydrogen (secondary N) is 2. The lowest BCUT2D eigenvalue weighted by Crippen LogP contribution is -2.13. The molecule has 0 radical (unpaired) electrons. The van der Waals surface area contributed by atoms with Gasteiger partial charge in [0, 0.05) is 29.0 Å². The minimum absolute atomic E-state index is 0.261. The molecule has 3 aromatic rings. The summed E-state index contributed by atoms with van der Waals surface area (Å²) >= 11 is 5.92. The van der Waals surface area contributed by atoms with Crippen molar-refractivity contribution in [2.45, 2.75) is 13.5 Å². The molecule has 0 atom stereocenters. The van der Waals surface area contributed by atoms with Crippen molar-refractivity contribution in [2.24, 2.45) is 0 Å². The van der Waals surface area contributed by atoms with Gasteiger partial charge in [-0.1, -0.05) is 29.8 Å². The minimum Gasteiger partial charge on any atom is -0.366 e. The van der Waals surface area contributed by atoms with E-state index in [1.807, 2.05) is 6.92 Å². The number of aromatic nitrogens is 1. The number of amides is 1. The Labute approximate surface area is 156 Å². The lowest BCUT2D eigenvalue weighted by molar-refractivity contribution is 0.102. The fraction of sp³-hybridized carbons (Fsp3) is 0.100. The van der Waals surface area contributed by atoms with Gasteiger partial charge in [0.1, 0.15) is 11.6 Å². The number of pyridine rings is 1. The van der Waals surface area contributed by atoms with Gasteiger partial charge < -0.3 is 10.6 Å². The van der Waals surface area contributed by atoms with Crippen LogP contribution in [0.5, 0.6) is 0 Å². The summed E-state index contributed by atoms with van der Waals surface area (Å²) in [6, 6.07) is 15.2. The van der Waals surface area contributed by atoms with Gasteiger partial charge in [0.05, 0.1) is 5.56 Å². The first-order chi connectivity index (χ1) is 12.5. The first kappa shape index (κ1) is 17.9. The van der Waals surface area contributed by atoms with Crippen LogP contribution in [0.3, 0.4) is 0 Å². The molecule has 0 spiro atoms. The summed E-state index contributed by atoms with van der Waals surface area (Å²) in [7, 11) is 0. The molecule has 1 aromatic heterocycles. The predicted octanol–water partition coefficient (Wildman–Crippen LogP) is 5.05. The lowest BCUT2D eigenvalue weighted by Gasteiger charge is -2.10. The average Bonchev–Trinajstić information content (AvgIpc) is 2.64. The zero-order chi connectivity index (χ0) is 18.5. The second kappa shape index (κ2) is 7.97. The van der Waals surface area contributed by atoms with Gasteiger partial charge in [0.2, 0.25) is 0 Å². The van der Waals surface area contributed by atoms with Crippen LogP contribution < -0.4 is 10.6 Å². The number of benzene rings is 2. The smallest absolute Gasteiger partial charge is 0.257 e. The van der Waals surface area contributed by atoms with Crippen molar-refractivity contribution in [2.75, 3.05) is 10.6 Å². The van der Waals surface area contributed by atoms with E-state index in [0.29, 0.717) is 34.2 Å². The van der Waals surface area contributed by atoms with E-state index in [0.717, 1.165) is 5.56 Å². The molecule has 3 rings (SSSR count). The molecule has 4 nitrogen and oxygen atoms in total. The minimum atomic E-state index is -0.269. The van der Waals surface area contributed by atoms with Crippen LogP contribution in [-0.4, -0.2) is 10.9 Å². The van der Waals surface area contributed by atoms with E-state index in [9.17, 15) is 9.18 Å². The van der Waals surface area contributed by atoms with E-state index in [-0.39, 0.29) is 11.7 Å². The maximum Gasteiger partial charge on any atom is 0.257 e. The molecule has 2 N–H and O–H groups in total. The molecule has 132 valence electrons. The number of anilines is 2. The van der Waals surface area contributed by atoms with Crippen molar-refractivity contribution < 1.29 is 9.18 Å². The Kier molecular flexibility index (Phi) is 5.49. The van der Waals surface area contributed by atoms with Crippen molar-refractivity contribution >= 4 is 29.0 Å². The molecule has 0 fully saturated rings. The van der Waals surface area contributed by atoms with Crippen LogP contribution in [0.4, 0.5) is 15.9 Å². The average molecular weight is 370 g/mol. The van der Waals surface area contributed by atoms with E-state index in [4.69, 9.17) is 11.6 Å². The molecule has 1 amide bonds. The summed E-state index contributed by atoms with van der Waals surface area (Å²) in [5.41, 5.74) is 2.55. The van der Waals surface area contributed by atoms with Gasteiger partial charge in [0.15, 0.2) is 0 Å². The number of aryl methyl sites for hydroxylation is 1. The summed E-state index contributed by atoms with van der Waals surface area (Å²) in [5.74, 6) is 0.0328. The number of carbonyl (C=O) groups excluding carboxylic acids is 1. The largest absolute Gasteiger partial charge is 0.366 e. The summed E-state index contributed by atoms with van der Waals surface area (Å²) in [6.45, 7) is 2.19. The highest BCUT2D eigenvalue weighted by Crippen LogP contribution is 2.20. The number of nitrogens with zero attached hydrogens (tertiary/aromatic N) is 1. The molecule has 0 saturated heterocycles. The third kappa shape index (κ3) is 4.37. The van der Waals surface area contributed by atoms with Crippen molar-refractivity contribution in [1.29, 1.82) is 0 Å². The highest BCUT2D eigenvalue weighted by atomic mass is 35.5. The maximum atomic E-state index is 13.6. The molecule has 0 unspecified atom stereocenters. The number of hydrogen-bond donors (Lipinski definition) is 2. The summed E-state index contributed by atoms with van der Waals surface area (Å²) in [4.78, 5) is 16.5. The number of rotatable bonds is 5. The number of hydrogen-bond acceptors (Lipinski definition) is 3. The summed E-state index contributed by atoms with van der Waals surface area (Å²) < 4.78 is 13.6. The molecule has 1 heterocycles. The molecule has 6 heteroatoms. The molecule has 0 bridgehead atoms. The van der Waals surface area contributed by atoms with Gasteiger partial charge >= 0.3 is 0 Å². The second-order valence-electron chi connectivity index (χ2n) is 5.79. The molecule has 2 aromatic carbocycles. The Balaban J connectivity index is 1.63. The van der Waals surface area contributed by atoms with Crippen LogP contribution >= 0.6 is 11.6 Å². The molecule has 0 aliphatic carbocycles. The fourth-order valence-electron chi connectivity index (χ4n) is 2.42. The monoisotopic (exact) mass is 369 g/mol. The van der Waals surface area contributed by atoms with Crippen molar-refractivity contribution in [3.8, 4) is 0 Å². The van der Waals surface area contributed by atoms with Crippen LogP contribution in [0.25, 0.3) is 0 Å². The first-order valence-electron chi connectivity index (χ1n) is 8.04. The van der Waals surface area contributed by atoms with Crippen LogP contribution in [0.15, 0.2) is 60.8 Å². The Hall–Kier alpha value is -2.92. The molecule has 0 aliphatic rings. The SMILES string of the molecule is Cc1cc(Cl)ccc1NC(=O)c1ccc(NCc2ccccc2F)nc1. The summed E-state index contributed by atoms with van der Waals surface area (Å²) in [6.07, 6.45) is 1.48. The van der Waals surface area contributed by atoms with Gasteiger partial charge in [0.25, 0.3) is 5.91 Å². The van der Waals surface area contributed by atoms with Crippen molar-refractivity contribution in [1.82, 2.24) is 4.98 Å². The van der Waals surface area contributed by atoms with Gasteiger partial charge in [-0.2, -0.15) is 0 Å². The lowest BCUT2D eigenvalue weighted by atomic mass is 10.2. The molecular weight excluding hydrogens is 353 g/mol. The highest BCUT2D eigenvalue weighted by Gasteiger charge is 2.09. The van der Waals surface area contributed by atoms with Crippen LogP contribution in [-0.2, 0) is 6.54 Å². The van der Waals surface area contributed by atoms with Crippen molar-refractivity contribution in [3.05, 3.63) is 88.3 Å². The highest BCUT2D eigenvalue weighted by molar-refractivity contribution is 6.30. The first-order valence-corrected chi connectivity index (χ1v) is 8.41. The predicted molar refractivity (Wildman–Crippen MR) is 102 cm³/mol. The van der Waals surface area contributed by atoms with Crippen LogP contribution in [0, 0.1) is 12.7 Å². The third-order valence-corrected chi connectivity index (χ3v) is 4.12. The van der Waals surface area contributed by atoms with Gasteiger partial charge in [-0.25, -0.2) is 9.37 Å². The standard InChI is InChI=1S/C20H17ClFN3O/c1-13-10-16(21)7-8-18(13)25-20(26)15-6-9-19(24-12-15)23-11-14-4-2-3-5-17(14)22/h2-10,12H,11H2,1H3,(H,23,24)(H,25,26). The van der Waals surface area contributed by atoms with Gasteiger partial charge in [-0.15, -0.1) is 0 Å². The Morgan fingerprint density at radius 3 is 2.65 bits per heavy atom. The van der Waals surface area contributed by atoms with E-state index in [1.54, 1.807) is 48.5 Å². The van der Waals surface area contributed by atoms with E-state index in [2.05, 4.69) is 15.6 Å². The summed E-state index contributed by atoms with van der Waals surface area (Å²) in [5, 5.41) is 6.48. The Bertz CT molecular complexity index is 929. The molecular formula is C20H17ClFN3O. The zero-order valence-corrected chi connectivity index (χ0v) is 14.8. The number of carbonyl (C=O) groups is 1. The normalized spacial score (nSPS) is 10.4. The van der Waals surface area contributed by atoms with Gasteiger partial charge in [-0.05, 0) is 48.9 Å². The molecule has 0 aliphatic heterocycles. The quantitative estimate of drug-likeness (QED) is 0.662. The van der Waals surface area contributed by atoms with Crippen molar-refractivity contribution in [3.63, 3.8) is 0 Å². The number of halogens is 2. The molecule has 0 saturated carbocycles. The Morgan fingerprint density at radius 1 is 1.15 bits per heavy atom. The van der Waals surface area contributed by atoms with Crippen LogP contribution in [0.1, 0.15) is 21.5 Å². The van der Waals surface area contributed by atoms with E-state index >= 15 is 0 Å². The van der Waals surface area contributed by atoms with E-state index in [1.165, 1.54) is 12.3 Å². The Morgan fingerprint density at radius 2 is 1.96 bits per heavy atom. The molecule has 26 heavy (non-hydrogen) atoms. The van der Waals surface area contributed by atoms with Gasteiger partial charge in [-0.3, -0.25) is 4.79 Å². The third-order valence-electron chi connectivity index (χ3n) is 3.88. The fourth-order valence-corrected chi connectivity index (χ4v) is 2.65. The second-order valence-corrected chi connectivity index (χ2v) is 6.23. The maximum absolute atomic E-state index is 13.6.